The number of halogens is 2. The van der Waals surface area contributed by atoms with Crippen LogP contribution in [0.15, 0.2) is 0 Å². The van der Waals surface area contributed by atoms with Crippen molar-refractivity contribution in [2.75, 3.05) is 13.1 Å². The van der Waals surface area contributed by atoms with Crippen LogP contribution in [0, 0.1) is 5.41 Å². The molecule has 1 fully saturated rings. The van der Waals surface area contributed by atoms with Crippen LogP contribution in [0.3, 0.4) is 0 Å². The lowest BCUT2D eigenvalue weighted by molar-refractivity contribution is -0.140. The molecule has 18 heavy (non-hydrogen) atoms. The first-order valence-corrected chi connectivity index (χ1v) is 6.97. The van der Waals surface area contributed by atoms with Crippen LogP contribution in [-0.2, 0) is 9.59 Å². The Balaban J connectivity index is 2.42. The van der Waals surface area contributed by atoms with Crippen LogP contribution in [0.1, 0.15) is 33.6 Å². The summed E-state index contributed by atoms with van der Waals surface area (Å²) < 4.78 is 0. The van der Waals surface area contributed by atoms with Gasteiger partial charge in [0.2, 0.25) is 5.91 Å². The third kappa shape index (κ3) is 4.32. The normalized spacial score (nSPS) is 18.0. The molecule has 0 atom stereocenters. The maximum absolute atomic E-state index is 12.1. The second-order valence-electron chi connectivity index (χ2n) is 5.63. The summed E-state index contributed by atoms with van der Waals surface area (Å²) in [6.07, 6.45) is 1.49. The third-order valence-electron chi connectivity index (χ3n) is 2.97. The Morgan fingerprint density at radius 3 is 2.11 bits per heavy atom. The minimum absolute atomic E-state index is 0.0570. The predicted molar refractivity (Wildman–Crippen MR) is 72.7 cm³/mol. The summed E-state index contributed by atoms with van der Waals surface area (Å²) in [6.45, 7) is 7.06. The molecule has 4 nitrogen and oxygen atoms in total. The average Bonchev–Trinajstić information content (AvgIpc) is 2.27. The molecule has 2 amide bonds. The number of hydrogen-bond donors (Lipinski definition) is 1. The lowest BCUT2D eigenvalue weighted by Crippen LogP contribution is -2.50. The van der Waals surface area contributed by atoms with Gasteiger partial charge in [0, 0.05) is 24.5 Å². The van der Waals surface area contributed by atoms with Gasteiger partial charge in [-0.1, -0.05) is 44.0 Å². The minimum Gasteiger partial charge on any atom is -0.351 e. The van der Waals surface area contributed by atoms with E-state index in [-0.39, 0.29) is 23.3 Å². The number of alkyl halides is 2. The van der Waals surface area contributed by atoms with Crippen LogP contribution in [0.2, 0.25) is 0 Å². The zero-order chi connectivity index (χ0) is 13.9. The number of carbonyl (C=O) groups excluding carboxylic acids is 2. The standard InChI is InChI=1S/C12H20Cl2N2O2/c1-12(2,3)11(18)16-6-4-8(5-7-16)15-10(17)9(13)14/h8-9H,4-7H2,1-3H3,(H,15,17). The number of hydrogen-bond acceptors (Lipinski definition) is 2. The van der Waals surface area contributed by atoms with Gasteiger partial charge in [-0.25, -0.2) is 0 Å². The van der Waals surface area contributed by atoms with Crippen molar-refractivity contribution in [1.82, 2.24) is 10.2 Å². The molecule has 1 aliphatic rings. The lowest BCUT2D eigenvalue weighted by atomic mass is 9.93. The Bertz CT molecular complexity index is 319. The number of piperidine rings is 1. The number of carbonyl (C=O) groups is 2. The average molecular weight is 295 g/mol. The highest BCUT2D eigenvalue weighted by atomic mass is 35.5. The molecular weight excluding hydrogens is 275 g/mol. The number of rotatable bonds is 2. The van der Waals surface area contributed by atoms with Crippen LogP contribution >= 0.6 is 23.2 Å². The van der Waals surface area contributed by atoms with Crippen molar-refractivity contribution in [3.05, 3.63) is 0 Å². The van der Waals surface area contributed by atoms with E-state index in [1.807, 2.05) is 25.7 Å². The Morgan fingerprint density at radius 2 is 1.72 bits per heavy atom. The van der Waals surface area contributed by atoms with E-state index in [0.29, 0.717) is 13.1 Å². The molecule has 0 bridgehead atoms. The molecule has 1 heterocycles. The molecule has 0 aromatic rings. The molecule has 0 unspecified atom stereocenters. The van der Waals surface area contributed by atoms with Crippen molar-refractivity contribution < 1.29 is 9.59 Å². The number of amides is 2. The summed E-state index contributed by atoms with van der Waals surface area (Å²) in [5.74, 6) is -0.209. The molecule has 0 aliphatic carbocycles. The van der Waals surface area contributed by atoms with Gasteiger partial charge in [-0.3, -0.25) is 9.59 Å². The molecule has 1 rings (SSSR count). The predicted octanol–water partition coefficient (Wildman–Crippen LogP) is 1.94. The molecule has 0 aromatic heterocycles. The van der Waals surface area contributed by atoms with E-state index < -0.39 is 4.84 Å². The topological polar surface area (TPSA) is 49.4 Å². The zero-order valence-corrected chi connectivity index (χ0v) is 12.5. The monoisotopic (exact) mass is 294 g/mol. The molecule has 104 valence electrons. The molecule has 6 heteroatoms. The maximum atomic E-state index is 12.1. The van der Waals surface area contributed by atoms with Crippen molar-refractivity contribution in [2.45, 2.75) is 44.5 Å². The van der Waals surface area contributed by atoms with E-state index in [2.05, 4.69) is 5.32 Å². The van der Waals surface area contributed by atoms with Crippen LogP contribution < -0.4 is 5.32 Å². The van der Waals surface area contributed by atoms with Crippen molar-refractivity contribution >= 4 is 35.0 Å². The van der Waals surface area contributed by atoms with Crippen molar-refractivity contribution in [3.8, 4) is 0 Å². The molecule has 1 N–H and O–H groups in total. The molecular formula is C12H20Cl2N2O2. The van der Waals surface area contributed by atoms with Gasteiger partial charge in [-0.2, -0.15) is 0 Å². The SMILES string of the molecule is CC(C)(C)C(=O)N1CCC(NC(=O)C(Cl)Cl)CC1. The van der Waals surface area contributed by atoms with E-state index in [9.17, 15) is 9.59 Å². The summed E-state index contributed by atoms with van der Waals surface area (Å²) in [5, 5.41) is 2.78. The largest absolute Gasteiger partial charge is 0.351 e. The van der Waals surface area contributed by atoms with E-state index in [1.54, 1.807) is 0 Å². The smallest absolute Gasteiger partial charge is 0.253 e. The zero-order valence-electron chi connectivity index (χ0n) is 11.0. The summed E-state index contributed by atoms with van der Waals surface area (Å²) in [4.78, 5) is 24.2. The second-order valence-corrected chi connectivity index (χ2v) is 6.72. The molecule has 0 radical (unpaired) electrons. The molecule has 1 aliphatic heterocycles. The Hall–Kier alpha value is -0.480. The quantitative estimate of drug-likeness (QED) is 0.792. The molecule has 1 saturated heterocycles. The van der Waals surface area contributed by atoms with E-state index in [1.165, 1.54) is 0 Å². The maximum Gasteiger partial charge on any atom is 0.253 e. The highest BCUT2D eigenvalue weighted by Gasteiger charge is 2.31. The van der Waals surface area contributed by atoms with E-state index in [4.69, 9.17) is 23.2 Å². The van der Waals surface area contributed by atoms with Crippen molar-refractivity contribution in [1.29, 1.82) is 0 Å². The highest BCUT2D eigenvalue weighted by Crippen LogP contribution is 2.21. The highest BCUT2D eigenvalue weighted by molar-refractivity contribution is 6.53. The van der Waals surface area contributed by atoms with Gasteiger partial charge in [-0.05, 0) is 12.8 Å². The number of likely N-dealkylation sites (tertiary alicyclic amines) is 1. The summed E-state index contributed by atoms with van der Waals surface area (Å²) in [6, 6.07) is 0.0570. The van der Waals surface area contributed by atoms with Crippen LogP contribution in [0.25, 0.3) is 0 Å². The Kier molecular flexibility index (Phi) is 5.29. The van der Waals surface area contributed by atoms with E-state index in [0.717, 1.165) is 12.8 Å². The summed E-state index contributed by atoms with van der Waals surface area (Å²) in [5.41, 5.74) is -0.354. The van der Waals surface area contributed by atoms with Gasteiger partial charge in [0.25, 0.3) is 5.91 Å². The van der Waals surface area contributed by atoms with Gasteiger partial charge < -0.3 is 10.2 Å². The van der Waals surface area contributed by atoms with Gasteiger partial charge >= 0.3 is 0 Å². The minimum atomic E-state index is -1.03. The first-order valence-electron chi connectivity index (χ1n) is 6.09. The fourth-order valence-corrected chi connectivity index (χ4v) is 2.09. The van der Waals surface area contributed by atoms with Gasteiger partial charge in [-0.15, -0.1) is 0 Å². The molecule has 0 aromatic carbocycles. The third-order valence-corrected chi connectivity index (χ3v) is 3.36. The van der Waals surface area contributed by atoms with Gasteiger partial charge in [0.05, 0.1) is 0 Å². The second kappa shape index (κ2) is 6.11. The summed E-state index contributed by atoms with van der Waals surface area (Å²) >= 11 is 11.0. The number of nitrogens with one attached hydrogen (secondary N) is 1. The first-order chi connectivity index (χ1) is 8.21. The van der Waals surface area contributed by atoms with Crippen molar-refractivity contribution in [3.63, 3.8) is 0 Å². The van der Waals surface area contributed by atoms with Gasteiger partial charge in [0.1, 0.15) is 0 Å². The van der Waals surface area contributed by atoms with E-state index >= 15 is 0 Å². The number of nitrogens with zero attached hydrogens (tertiary/aromatic N) is 1. The van der Waals surface area contributed by atoms with Crippen molar-refractivity contribution in [2.24, 2.45) is 5.41 Å². The lowest BCUT2D eigenvalue weighted by Gasteiger charge is -2.36. The van der Waals surface area contributed by atoms with Gasteiger partial charge in [0.15, 0.2) is 4.84 Å². The summed E-state index contributed by atoms with van der Waals surface area (Å²) in [7, 11) is 0. The molecule has 0 saturated carbocycles. The first kappa shape index (κ1) is 15.6. The van der Waals surface area contributed by atoms with Crippen LogP contribution in [-0.4, -0.2) is 40.7 Å². The Morgan fingerprint density at radius 1 is 1.22 bits per heavy atom. The van der Waals surface area contributed by atoms with Crippen LogP contribution in [0.5, 0.6) is 0 Å². The van der Waals surface area contributed by atoms with Crippen LogP contribution in [0.4, 0.5) is 0 Å². The molecule has 0 spiro atoms. The fourth-order valence-electron chi connectivity index (χ4n) is 1.97. The Labute approximate surface area is 118 Å². The fraction of sp³-hybridized carbons (Fsp3) is 0.833.